The topological polar surface area (TPSA) is 64.4 Å². The van der Waals surface area contributed by atoms with Gasteiger partial charge in [-0.05, 0) is 37.1 Å². The Kier molecular flexibility index (Phi) is 4.42. The number of nitrogens with one attached hydrogen (secondary N) is 1. The molecule has 21 heavy (non-hydrogen) atoms. The fraction of sp³-hybridized carbons (Fsp3) is 0.250. The Hall–Kier alpha value is -2.56. The van der Waals surface area contributed by atoms with Crippen LogP contribution in [0.25, 0.3) is 0 Å². The van der Waals surface area contributed by atoms with Gasteiger partial charge in [-0.1, -0.05) is 18.2 Å². The minimum absolute atomic E-state index is 0.0161. The van der Waals surface area contributed by atoms with Gasteiger partial charge in [0.05, 0.1) is 17.7 Å². The minimum Gasteiger partial charge on any atom is -0.495 e. The van der Waals surface area contributed by atoms with Gasteiger partial charge >= 0.3 is 0 Å². The van der Waals surface area contributed by atoms with Crippen molar-refractivity contribution < 1.29 is 9.66 Å². The predicted octanol–water partition coefficient (Wildman–Crippen LogP) is 4.08. The van der Waals surface area contributed by atoms with Gasteiger partial charge in [0, 0.05) is 18.2 Å². The normalized spacial score (nSPS) is 11.8. The number of hydrogen-bond donors (Lipinski definition) is 1. The Bertz CT molecular complexity index is 638. The highest BCUT2D eigenvalue weighted by Gasteiger charge is 2.11. The number of ether oxygens (including phenoxy) is 1. The molecule has 0 spiro atoms. The molecule has 0 fully saturated rings. The maximum Gasteiger partial charge on any atom is 0.269 e. The molecule has 0 radical (unpaired) electrons. The lowest BCUT2D eigenvalue weighted by Gasteiger charge is -2.18. The molecule has 0 aliphatic carbocycles. The van der Waals surface area contributed by atoms with E-state index in [-0.39, 0.29) is 11.7 Å². The lowest BCUT2D eigenvalue weighted by Crippen LogP contribution is -2.07. The molecule has 2 rings (SSSR count). The van der Waals surface area contributed by atoms with Crippen LogP contribution in [-0.2, 0) is 0 Å². The van der Waals surface area contributed by atoms with Crippen LogP contribution < -0.4 is 10.1 Å². The fourth-order valence-electron chi connectivity index (χ4n) is 2.12. The summed E-state index contributed by atoms with van der Waals surface area (Å²) in [7, 11) is 1.64. The van der Waals surface area contributed by atoms with E-state index >= 15 is 0 Å². The first kappa shape index (κ1) is 14.8. The van der Waals surface area contributed by atoms with E-state index in [4.69, 9.17) is 4.74 Å². The standard InChI is InChI=1S/C16H18N2O3/c1-11-4-9-15(16(10-11)21-3)17-12(2)13-5-7-14(8-6-13)18(19)20/h4-10,12,17H,1-3H3. The van der Waals surface area contributed by atoms with Crippen molar-refractivity contribution in [3.63, 3.8) is 0 Å². The van der Waals surface area contributed by atoms with E-state index in [1.165, 1.54) is 12.1 Å². The summed E-state index contributed by atoms with van der Waals surface area (Å²) in [6, 6.07) is 12.5. The third-order valence-corrected chi connectivity index (χ3v) is 3.33. The van der Waals surface area contributed by atoms with Gasteiger partial charge in [-0.2, -0.15) is 0 Å². The first-order valence-corrected chi connectivity index (χ1v) is 6.67. The first-order valence-electron chi connectivity index (χ1n) is 6.67. The third-order valence-electron chi connectivity index (χ3n) is 3.33. The second kappa shape index (κ2) is 6.26. The quantitative estimate of drug-likeness (QED) is 0.664. The summed E-state index contributed by atoms with van der Waals surface area (Å²) in [6.45, 7) is 4.01. The predicted molar refractivity (Wildman–Crippen MR) is 82.9 cm³/mol. The molecular formula is C16H18N2O3. The van der Waals surface area contributed by atoms with E-state index in [1.54, 1.807) is 19.2 Å². The van der Waals surface area contributed by atoms with Gasteiger partial charge in [0.15, 0.2) is 0 Å². The molecule has 1 atom stereocenters. The Balaban J connectivity index is 2.17. The van der Waals surface area contributed by atoms with Crippen LogP contribution in [0.2, 0.25) is 0 Å². The van der Waals surface area contributed by atoms with Gasteiger partial charge in [0.1, 0.15) is 5.75 Å². The van der Waals surface area contributed by atoms with Crippen LogP contribution in [0.3, 0.4) is 0 Å². The van der Waals surface area contributed by atoms with Crippen molar-refractivity contribution in [2.45, 2.75) is 19.9 Å². The van der Waals surface area contributed by atoms with E-state index < -0.39 is 4.92 Å². The monoisotopic (exact) mass is 286 g/mol. The molecule has 5 nitrogen and oxygen atoms in total. The molecule has 110 valence electrons. The van der Waals surface area contributed by atoms with Crippen molar-refractivity contribution in [1.82, 2.24) is 0 Å². The van der Waals surface area contributed by atoms with Crippen molar-refractivity contribution in [2.24, 2.45) is 0 Å². The zero-order valence-corrected chi connectivity index (χ0v) is 12.3. The summed E-state index contributed by atoms with van der Waals surface area (Å²) in [4.78, 5) is 10.3. The van der Waals surface area contributed by atoms with Crippen molar-refractivity contribution in [1.29, 1.82) is 0 Å². The second-order valence-corrected chi connectivity index (χ2v) is 4.92. The van der Waals surface area contributed by atoms with Crippen LogP contribution in [0, 0.1) is 17.0 Å². The van der Waals surface area contributed by atoms with Gasteiger partial charge in [-0.3, -0.25) is 10.1 Å². The molecule has 5 heteroatoms. The molecule has 0 amide bonds. The Labute approximate surface area is 123 Å². The fourth-order valence-corrected chi connectivity index (χ4v) is 2.12. The summed E-state index contributed by atoms with van der Waals surface area (Å²) in [5.74, 6) is 0.781. The number of nitro groups is 1. The molecule has 0 saturated carbocycles. The Morgan fingerprint density at radius 1 is 1.19 bits per heavy atom. The highest BCUT2D eigenvalue weighted by Crippen LogP contribution is 2.29. The third kappa shape index (κ3) is 3.51. The first-order chi connectivity index (χ1) is 10.0. The number of anilines is 1. The average Bonchev–Trinajstić information content (AvgIpc) is 2.49. The summed E-state index contributed by atoms with van der Waals surface area (Å²) in [5.41, 5.74) is 3.09. The second-order valence-electron chi connectivity index (χ2n) is 4.92. The molecular weight excluding hydrogens is 268 g/mol. The molecule has 0 aromatic heterocycles. The van der Waals surface area contributed by atoms with Gasteiger partial charge in [0.25, 0.3) is 5.69 Å². The molecule has 2 aromatic carbocycles. The number of nitro benzene ring substituents is 1. The Morgan fingerprint density at radius 2 is 1.86 bits per heavy atom. The van der Waals surface area contributed by atoms with Crippen molar-refractivity contribution in [3.8, 4) is 5.75 Å². The zero-order valence-electron chi connectivity index (χ0n) is 12.3. The number of non-ortho nitro benzene ring substituents is 1. The Morgan fingerprint density at radius 3 is 2.43 bits per heavy atom. The van der Waals surface area contributed by atoms with Crippen LogP contribution in [-0.4, -0.2) is 12.0 Å². The van der Waals surface area contributed by atoms with E-state index in [9.17, 15) is 10.1 Å². The number of rotatable bonds is 5. The van der Waals surface area contributed by atoms with Gasteiger partial charge in [-0.15, -0.1) is 0 Å². The van der Waals surface area contributed by atoms with Crippen LogP contribution in [0.4, 0.5) is 11.4 Å². The zero-order chi connectivity index (χ0) is 15.4. The average molecular weight is 286 g/mol. The number of hydrogen-bond acceptors (Lipinski definition) is 4. The van der Waals surface area contributed by atoms with Crippen molar-refractivity contribution >= 4 is 11.4 Å². The SMILES string of the molecule is COc1cc(C)ccc1NC(C)c1ccc([N+](=O)[O-])cc1. The molecule has 0 bridgehead atoms. The maximum atomic E-state index is 10.7. The van der Waals surface area contributed by atoms with Crippen molar-refractivity contribution in [2.75, 3.05) is 12.4 Å². The van der Waals surface area contributed by atoms with E-state index in [2.05, 4.69) is 5.32 Å². The number of aryl methyl sites for hydroxylation is 1. The summed E-state index contributed by atoms with van der Waals surface area (Å²) >= 11 is 0. The highest BCUT2D eigenvalue weighted by molar-refractivity contribution is 5.58. The molecule has 2 aromatic rings. The summed E-state index contributed by atoms with van der Waals surface area (Å²) in [5, 5.41) is 14.0. The number of nitrogens with zero attached hydrogens (tertiary/aromatic N) is 1. The minimum atomic E-state index is -0.398. The summed E-state index contributed by atoms with van der Waals surface area (Å²) in [6.07, 6.45) is 0. The largest absolute Gasteiger partial charge is 0.495 e. The lowest BCUT2D eigenvalue weighted by atomic mass is 10.1. The molecule has 0 heterocycles. The molecule has 1 unspecified atom stereocenters. The number of benzene rings is 2. The van der Waals surface area contributed by atoms with Crippen LogP contribution in [0.1, 0.15) is 24.1 Å². The van der Waals surface area contributed by atoms with Crippen LogP contribution in [0.5, 0.6) is 5.75 Å². The van der Waals surface area contributed by atoms with E-state index in [0.29, 0.717) is 0 Å². The van der Waals surface area contributed by atoms with E-state index in [1.807, 2.05) is 32.0 Å². The van der Waals surface area contributed by atoms with E-state index in [0.717, 1.165) is 22.6 Å². The van der Waals surface area contributed by atoms with Crippen LogP contribution >= 0.6 is 0 Å². The van der Waals surface area contributed by atoms with Crippen molar-refractivity contribution in [3.05, 3.63) is 63.7 Å². The van der Waals surface area contributed by atoms with Gasteiger partial charge in [0.2, 0.25) is 0 Å². The molecule has 0 aliphatic rings. The van der Waals surface area contributed by atoms with Gasteiger partial charge < -0.3 is 10.1 Å². The molecule has 0 aliphatic heterocycles. The number of methoxy groups -OCH3 is 1. The van der Waals surface area contributed by atoms with Crippen LogP contribution in [0.15, 0.2) is 42.5 Å². The smallest absolute Gasteiger partial charge is 0.269 e. The molecule has 0 saturated heterocycles. The summed E-state index contributed by atoms with van der Waals surface area (Å²) < 4.78 is 5.36. The maximum absolute atomic E-state index is 10.7. The molecule has 1 N–H and O–H groups in total. The highest BCUT2D eigenvalue weighted by atomic mass is 16.6. The van der Waals surface area contributed by atoms with Gasteiger partial charge in [-0.25, -0.2) is 0 Å². The lowest BCUT2D eigenvalue weighted by molar-refractivity contribution is -0.384.